The molecular weight excluding hydrogens is 124 g/mol. The summed E-state index contributed by atoms with van der Waals surface area (Å²) >= 11 is 0. The van der Waals surface area contributed by atoms with Gasteiger partial charge in [0.25, 0.3) is 0 Å². The second-order valence-electron chi connectivity index (χ2n) is 3.92. The van der Waals surface area contributed by atoms with Gasteiger partial charge in [-0.05, 0) is 12.0 Å². The molecule has 0 saturated carbocycles. The van der Waals surface area contributed by atoms with Crippen molar-refractivity contribution in [1.82, 2.24) is 4.90 Å². The number of rotatable bonds is 1. The molecular formula is C8H18N2. The Bertz CT molecular complexity index is 120. The van der Waals surface area contributed by atoms with E-state index in [4.69, 9.17) is 5.73 Å². The Morgan fingerprint density at radius 3 is 2.40 bits per heavy atom. The molecule has 1 aliphatic heterocycles. The van der Waals surface area contributed by atoms with Crippen molar-refractivity contribution < 1.29 is 0 Å². The lowest BCUT2D eigenvalue weighted by Crippen LogP contribution is -2.35. The number of hydrogen-bond acceptors (Lipinski definition) is 2. The molecule has 0 amide bonds. The van der Waals surface area contributed by atoms with Gasteiger partial charge in [-0.25, -0.2) is 0 Å². The van der Waals surface area contributed by atoms with E-state index in [-0.39, 0.29) is 0 Å². The minimum Gasteiger partial charge on any atom is -0.326 e. The third kappa shape index (κ3) is 1.32. The third-order valence-electron chi connectivity index (χ3n) is 2.54. The van der Waals surface area contributed by atoms with Gasteiger partial charge in [0, 0.05) is 19.1 Å². The van der Waals surface area contributed by atoms with E-state index < -0.39 is 0 Å². The lowest BCUT2D eigenvalue weighted by molar-refractivity contribution is 0.298. The van der Waals surface area contributed by atoms with E-state index in [0.717, 1.165) is 19.6 Å². The summed E-state index contributed by atoms with van der Waals surface area (Å²) in [4.78, 5) is 2.41. The number of hydrogen-bond donors (Lipinski definition) is 1. The average molecular weight is 142 g/mol. The lowest BCUT2D eigenvalue weighted by atomic mass is 9.89. The Hall–Kier alpha value is -0.0800. The maximum Gasteiger partial charge on any atom is 0.0232 e. The molecule has 0 unspecified atom stereocenters. The van der Waals surface area contributed by atoms with Crippen LogP contribution in [0.3, 0.4) is 0 Å². The summed E-state index contributed by atoms with van der Waals surface area (Å²) in [7, 11) is 0. The van der Waals surface area contributed by atoms with Crippen LogP contribution in [-0.2, 0) is 0 Å². The van der Waals surface area contributed by atoms with Gasteiger partial charge in [0.1, 0.15) is 0 Å². The van der Waals surface area contributed by atoms with Crippen molar-refractivity contribution in [3.8, 4) is 0 Å². The Kier molecular flexibility index (Phi) is 2.02. The van der Waals surface area contributed by atoms with Gasteiger partial charge in [0.2, 0.25) is 0 Å². The Balaban J connectivity index is 2.53. The molecule has 2 N–H and O–H groups in total. The van der Waals surface area contributed by atoms with Gasteiger partial charge >= 0.3 is 0 Å². The maximum atomic E-state index is 5.94. The van der Waals surface area contributed by atoms with Crippen LogP contribution in [0, 0.1) is 5.41 Å². The smallest absolute Gasteiger partial charge is 0.0232 e. The quantitative estimate of drug-likeness (QED) is 0.583. The van der Waals surface area contributed by atoms with Crippen LogP contribution in [0.15, 0.2) is 0 Å². The molecule has 1 rings (SSSR count). The van der Waals surface area contributed by atoms with E-state index in [0.29, 0.717) is 11.5 Å². The molecule has 1 aliphatic rings. The zero-order valence-electron chi connectivity index (χ0n) is 7.22. The minimum absolute atomic E-state index is 0.329. The molecule has 1 heterocycles. The van der Waals surface area contributed by atoms with Gasteiger partial charge in [0.15, 0.2) is 0 Å². The molecule has 0 bridgehead atoms. The molecule has 0 aromatic heterocycles. The topological polar surface area (TPSA) is 29.3 Å². The van der Waals surface area contributed by atoms with Crippen molar-refractivity contribution in [3.63, 3.8) is 0 Å². The van der Waals surface area contributed by atoms with Gasteiger partial charge in [-0.2, -0.15) is 0 Å². The molecule has 0 aliphatic carbocycles. The van der Waals surface area contributed by atoms with Crippen LogP contribution < -0.4 is 5.73 Å². The van der Waals surface area contributed by atoms with Crippen molar-refractivity contribution in [2.75, 3.05) is 19.6 Å². The molecule has 10 heavy (non-hydrogen) atoms. The van der Waals surface area contributed by atoms with Gasteiger partial charge in [-0.15, -0.1) is 0 Å². The fourth-order valence-corrected chi connectivity index (χ4v) is 1.52. The van der Waals surface area contributed by atoms with Crippen molar-refractivity contribution in [2.24, 2.45) is 11.1 Å². The van der Waals surface area contributed by atoms with E-state index in [1.165, 1.54) is 0 Å². The van der Waals surface area contributed by atoms with Crippen LogP contribution in [0.4, 0.5) is 0 Å². The highest BCUT2D eigenvalue weighted by Crippen LogP contribution is 2.27. The first-order chi connectivity index (χ1) is 4.56. The van der Waals surface area contributed by atoms with Gasteiger partial charge in [-0.1, -0.05) is 20.8 Å². The normalized spacial score (nSPS) is 33.0. The number of nitrogens with zero attached hydrogens (tertiary/aromatic N) is 1. The van der Waals surface area contributed by atoms with Crippen LogP contribution in [0.1, 0.15) is 20.8 Å². The summed E-state index contributed by atoms with van der Waals surface area (Å²) in [6, 6.07) is 0.368. The predicted octanol–water partition coefficient (Wildman–Crippen LogP) is 0.675. The third-order valence-corrected chi connectivity index (χ3v) is 2.54. The van der Waals surface area contributed by atoms with Gasteiger partial charge < -0.3 is 10.6 Å². The standard InChI is InChI=1S/C8H18N2/c1-4-10-5-7(9)8(2,3)6-10/h7H,4-6,9H2,1-3H3/t7-/m1/s1. The molecule has 60 valence electrons. The minimum atomic E-state index is 0.329. The molecule has 0 aromatic rings. The molecule has 1 saturated heterocycles. The number of likely N-dealkylation sites (tertiary alicyclic amines) is 1. The fourth-order valence-electron chi connectivity index (χ4n) is 1.52. The van der Waals surface area contributed by atoms with Crippen LogP contribution in [-0.4, -0.2) is 30.6 Å². The summed E-state index contributed by atoms with van der Waals surface area (Å²) in [6.07, 6.45) is 0. The SMILES string of the molecule is CCN1C[C@@H](N)C(C)(C)C1. The maximum absolute atomic E-state index is 5.94. The Morgan fingerprint density at radius 2 is 2.20 bits per heavy atom. The summed E-state index contributed by atoms with van der Waals surface area (Å²) in [5.74, 6) is 0. The van der Waals surface area contributed by atoms with Crippen molar-refractivity contribution >= 4 is 0 Å². The highest BCUT2D eigenvalue weighted by molar-refractivity contribution is 4.92. The number of nitrogens with two attached hydrogens (primary N) is 1. The molecule has 2 heteroatoms. The number of likely N-dealkylation sites (N-methyl/N-ethyl adjacent to an activating group) is 1. The monoisotopic (exact) mass is 142 g/mol. The van der Waals surface area contributed by atoms with E-state index >= 15 is 0 Å². The first-order valence-corrected chi connectivity index (χ1v) is 4.04. The van der Waals surface area contributed by atoms with E-state index in [9.17, 15) is 0 Å². The molecule has 1 atom stereocenters. The zero-order valence-corrected chi connectivity index (χ0v) is 7.22. The van der Waals surface area contributed by atoms with Crippen LogP contribution in [0.2, 0.25) is 0 Å². The van der Waals surface area contributed by atoms with Crippen LogP contribution in [0.5, 0.6) is 0 Å². The van der Waals surface area contributed by atoms with Crippen LogP contribution in [0.25, 0.3) is 0 Å². The second-order valence-corrected chi connectivity index (χ2v) is 3.92. The summed E-state index contributed by atoms with van der Waals surface area (Å²) in [5.41, 5.74) is 6.27. The van der Waals surface area contributed by atoms with Crippen molar-refractivity contribution in [3.05, 3.63) is 0 Å². The highest BCUT2D eigenvalue weighted by atomic mass is 15.2. The van der Waals surface area contributed by atoms with E-state index in [1.54, 1.807) is 0 Å². The second kappa shape index (κ2) is 2.51. The first-order valence-electron chi connectivity index (χ1n) is 4.04. The van der Waals surface area contributed by atoms with E-state index in [2.05, 4.69) is 25.7 Å². The van der Waals surface area contributed by atoms with Crippen LogP contribution >= 0.6 is 0 Å². The summed E-state index contributed by atoms with van der Waals surface area (Å²) in [5, 5.41) is 0. The Labute approximate surface area is 63.4 Å². The zero-order chi connectivity index (χ0) is 7.78. The lowest BCUT2D eigenvalue weighted by Gasteiger charge is -2.21. The van der Waals surface area contributed by atoms with Crippen molar-refractivity contribution in [2.45, 2.75) is 26.8 Å². The predicted molar refractivity (Wildman–Crippen MR) is 43.9 cm³/mol. The first kappa shape index (κ1) is 8.02. The molecule has 0 spiro atoms. The Morgan fingerprint density at radius 1 is 1.60 bits per heavy atom. The molecule has 0 radical (unpaired) electrons. The summed E-state index contributed by atoms with van der Waals surface area (Å²) in [6.45, 7) is 10.0. The molecule has 2 nitrogen and oxygen atoms in total. The van der Waals surface area contributed by atoms with E-state index in [1.807, 2.05) is 0 Å². The highest BCUT2D eigenvalue weighted by Gasteiger charge is 2.35. The fraction of sp³-hybridized carbons (Fsp3) is 1.00. The van der Waals surface area contributed by atoms with Gasteiger partial charge in [-0.3, -0.25) is 0 Å². The average Bonchev–Trinajstić information content (AvgIpc) is 2.08. The largest absolute Gasteiger partial charge is 0.326 e. The summed E-state index contributed by atoms with van der Waals surface area (Å²) < 4.78 is 0. The molecule has 0 aromatic carbocycles. The van der Waals surface area contributed by atoms with Gasteiger partial charge in [0.05, 0.1) is 0 Å². The van der Waals surface area contributed by atoms with Crippen molar-refractivity contribution in [1.29, 1.82) is 0 Å². The molecule has 1 fully saturated rings.